The maximum absolute atomic E-state index is 12.7. The summed E-state index contributed by atoms with van der Waals surface area (Å²) in [6.07, 6.45) is -3.27. The first-order chi connectivity index (χ1) is 15.9. The molecule has 1 heterocycles. The Morgan fingerprint density at radius 2 is 1.71 bits per heavy atom. The maximum Gasteiger partial charge on any atom is 0.337 e. The van der Waals surface area contributed by atoms with E-state index in [0.717, 1.165) is 13.2 Å². The van der Waals surface area contributed by atoms with Gasteiger partial charge in [-0.2, -0.15) is 0 Å². The Labute approximate surface area is 196 Å². The van der Waals surface area contributed by atoms with Gasteiger partial charge >= 0.3 is 23.9 Å². The molecule has 0 bridgehead atoms. The van der Waals surface area contributed by atoms with E-state index in [9.17, 15) is 29.4 Å². The number of hydrogen-bond donors (Lipinski definition) is 2. The summed E-state index contributed by atoms with van der Waals surface area (Å²) in [5.41, 5.74) is -0.213. The zero-order valence-corrected chi connectivity index (χ0v) is 19.2. The minimum absolute atomic E-state index is 0.00954. The Hall–Kier alpha value is -3.50. The van der Waals surface area contributed by atoms with Crippen LogP contribution in [0.1, 0.15) is 20.3 Å². The molecular weight excluding hydrogens is 448 g/mol. The third-order valence-corrected chi connectivity index (χ3v) is 5.26. The predicted molar refractivity (Wildman–Crippen MR) is 118 cm³/mol. The Balaban J connectivity index is 2.82. The molecule has 1 aliphatic carbocycles. The first-order valence-corrected chi connectivity index (χ1v) is 10.3. The second-order valence-corrected chi connectivity index (χ2v) is 8.05. The molecular formula is C24H28O10. The molecule has 184 valence electrons. The molecule has 10 nitrogen and oxygen atoms in total. The minimum Gasteiger partial charge on any atom is -0.466 e. The van der Waals surface area contributed by atoms with Crippen LogP contribution in [0.2, 0.25) is 0 Å². The smallest absolute Gasteiger partial charge is 0.337 e. The van der Waals surface area contributed by atoms with Crippen molar-refractivity contribution in [3.63, 3.8) is 0 Å². The molecule has 0 aromatic heterocycles. The molecule has 0 aromatic carbocycles. The van der Waals surface area contributed by atoms with E-state index in [0.29, 0.717) is 0 Å². The number of methoxy groups -OCH3 is 1. The summed E-state index contributed by atoms with van der Waals surface area (Å²) in [6, 6.07) is 0. The number of aliphatic hydroxyl groups is 2. The lowest BCUT2D eigenvalue weighted by atomic mass is 9.83. The van der Waals surface area contributed by atoms with E-state index < -0.39 is 60.8 Å². The van der Waals surface area contributed by atoms with Crippen molar-refractivity contribution in [1.29, 1.82) is 0 Å². The summed E-state index contributed by atoms with van der Waals surface area (Å²) < 4.78 is 21.3. The van der Waals surface area contributed by atoms with Crippen molar-refractivity contribution in [2.45, 2.75) is 44.7 Å². The quantitative estimate of drug-likeness (QED) is 0.245. The average molecular weight is 476 g/mol. The van der Waals surface area contributed by atoms with E-state index >= 15 is 0 Å². The number of carbonyl (C=O) groups is 4. The molecule has 2 N–H and O–H groups in total. The highest BCUT2D eigenvalue weighted by molar-refractivity contribution is 5.94. The number of hydrogen-bond acceptors (Lipinski definition) is 10. The second kappa shape index (κ2) is 11.1. The van der Waals surface area contributed by atoms with Crippen LogP contribution in [0.4, 0.5) is 0 Å². The van der Waals surface area contributed by atoms with E-state index in [1.807, 2.05) is 0 Å². The zero-order valence-electron chi connectivity index (χ0n) is 19.2. The fourth-order valence-electron chi connectivity index (χ4n) is 3.55. The highest BCUT2D eigenvalue weighted by atomic mass is 16.6. The van der Waals surface area contributed by atoms with Gasteiger partial charge in [0.1, 0.15) is 6.10 Å². The topological polar surface area (TPSA) is 146 Å². The third-order valence-electron chi connectivity index (χ3n) is 5.26. The van der Waals surface area contributed by atoms with Gasteiger partial charge in [-0.1, -0.05) is 19.7 Å². The minimum atomic E-state index is -1.64. The molecule has 0 unspecified atom stereocenters. The van der Waals surface area contributed by atoms with E-state index in [1.165, 1.54) is 19.9 Å². The van der Waals surface area contributed by atoms with Crippen molar-refractivity contribution in [3.8, 4) is 0 Å². The van der Waals surface area contributed by atoms with Crippen LogP contribution in [0.25, 0.3) is 0 Å². The fraction of sp³-hybridized carbons (Fsp3) is 0.417. The van der Waals surface area contributed by atoms with Gasteiger partial charge in [-0.25, -0.2) is 19.2 Å². The van der Waals surface area contributed by atoms with Crippen LogP contribution in [0.3, 0.4) is 0 Å². The molecule has 34 heavy (non-hydrogen) atoms. The summed E-state index contributed by atoms with van der Waals surface area (Å²) in [7, 11) is 1.07. The molecule has 10 heteroatoms. The first-order valence-electron chi connectivity index (χ1n) is 10.3. The Kier molecular flexibility index (Phi) is 8.72. The van der Waals surface area contributed by atoms with Gasteiger partial charge in [-0.3, -0.25) is 0 Å². The first kappa shape index (κ1) is 26.7. The molecule has 0 spiro atoms. The lowest BCUT2D eigenvalue weighted by Gasteiger charge is -2.34. The number of aliphatic hydroxyl groups excluding tert-OH is 2. The predicted octanol–water partition coefficient (Wildman–Crippen LogP) is 0.843. The lowest BCUT2D eigenvalue weighted by molar-refractivity contribution is -0.166. The van der Waals surface area contributed by atoms with Crippen LogP contribution in [0.5, 0.6) is 0 Å². The van der Waals surface area contributed by atoms with Crippen molar-refractivity contribution in [3.05, 3.63) is 59.8 Å². The van der Waals surface area contributed by atoms with Crippen LogP contribution in [0, 0.1) is 5.92 Å². The van der Waals surface area contributed by atoms with Gasteiger partial charge < -0.3 is 29.2 Å². The van der Waals surface area contributed by atoms with Gasteiger partial charge in [0, 0.05) is 23.1 Å². The number of esters is 4. The summed E-state index contributed by atoms with van der Waals surface area (Å²) in [5.74, 6) is -4.75. The number of carbonyl (C=O) groups excluding carboxylic acids is 4. The Morgan fingerprint density at radius 3 is 2.24 bits per heavy atom. The number of ether oxygens (including phenoxy) is 4. The van der Waals surface area contributed by atoms with Crippen molar-refractivity contribution in [2.24, 2.45) is 5.92 Å². The van der Waals surface area contributed by atoms with E-state index in [2.05, 4.69) is 19.7 Å². The summed E-state index contributed by atoms with van der Waals surface area (Å²) in [6.45, 7) is 13.0. The van der Waals surface area contributed by atoms with Gasteiger partial charge in [0.15, 0.2) is 12.2 Å². The van der Waals surface area contributed by atoms with Crippen LogP contribution >= 0.6 is 0 Å². The number of rotatable bonds is 6. The largest absolute Gasteiger partial charge is 0.466 e. The number of fused-ring (bicyclic) bond motifs is 1. The summed E-state index contributed by atoms with van der Waals surface area (Å²) in [4.78, 5) is 50.2. The standard InChI is InChI=1S/C24H28O10/c1-11(2)21(27)33-19-16(24(30)31-6)9-15(26)7-14(10-25)8-17-18(13(5)23(29)32-17)20(19)34-22(28)12(3)4/h8-9,15,17-20,25-26H,1,3,5,7,10H2,2,4,6H3/b14-8+,16-9+/t15-,17-,18+,19-,20+/m1/s1. The third kappa shape index (κ3) is 5.89. The molecule has 5 atom stereocenters. The molecule has 1 fully saturated rings. The Bertz CT molecular complexity index is 986. The molecule has 0 saturated carbocycles. The molecule has 1 aliphatic heterocycles. The Morgan fingerprint density at radius 1 is 1.12 bits per heavy atom. The maximum atomic E-state index is 12.7. The monoisotopic (exact) mass is 476 g/mol. The molecule has 0 aromatic rings. The van der Waals surface area contributed by atoms with E-state index in [1.54, 1.807) is 0 Å². The van der Waals surface area contributed by atoms with Gasteiger partial charge in [-0.15, -0.1) is 0 Å². The van der Waals surface area contributed by atoms with Crippen molar-refractivity contribution in [1.82, 2.24) is 0 Å². The van der Waals surface area contributed by atoms with E-state index in [4.69, 9.17) is 18.9 Å². The molecule has 2 aliphatic rings. The molecule has 0 amide bonds. The highest BCUT2D eigenvalue weighted by Gasteiger charge is 2.51. The average Bonchev–Trinajstić information content (AvgIpc) is 3.05. The van der Waals surface area contributed by atoms with Crippen molar-refractivity contribution >= 4 is 23.9 Å². The van der Waals surface area contributed by atoms with Crippen molar-refractivity contribution < 1.29 is 48.3 Å². The van der Waals surface area contributed by atoms with Crippen molar-refractivity contribution in [2.75, 3.05) is 13.7 Å². The normalized spacial score (nSPS) is 29.9. The fourth-order valence-corrected chi connectivity index (χ4v) is 3.55. The van der Waals surface area contributed by atoms with Gasteiger partial charge in [0.2, 0.25) is 0 Å². The van der Waals surface area contributed by atoms with Gasteiger partial charge in [0.05, 0.1) is 31.3 Å². The van der Waals surface area contributed by atoms with Crippen LogP contribution < -0.4 is 0 Å². The lowest BCUT2D eigenvalue weighted by Crippen LogP contribution is -2.47. The van der Waals surface area contributed by atoms with Crippen LogP contribution in [0.15, 0.2) is 59.8 Å². The van der Waals surface area contributed by atoms with Crippen LogP contribution in [-0.4, -0.2) is 72.2 Å². The van der Waals surface area contributed by atoms with E-state index in [-0.39, 0.29) is 34.3 Å². The molecule has 1 saturated heterocycles. The van der Waals surface area contributed by atoms with Gasteiger partial charge in [-0.05, 0) is 31.6 Å². The van der Waals surface area contributed by atoms with Gasteiger partial charge in [0.25, 0.3) is 0 Å². The molecule has 0 radical (unpaired) electrons. The zero-order chi connectivity index (χ0) is 25.7. The molecule has 2 rings (SSSR count). The highest BCUT2D eigenvalue weighted by Crippen LogP contribution is 2.38. The summed E-state index contributed by atoms with van der Waals surface area (Å²) in [5, 5.41) is 20.3. The SMILES string of the molecule is C=C(C)C(=O)O[C@H]1[C@H]2C(=C)C(=O)O[C@@H]2/C=C(/CO)C[C@@H](O)/C=C(/C(=O)OC)[C@H]1OC(=O)C(=C)C. The van der Waals surface area contributed by atoms with Crippen LogP contribution in [-0.2, 0) is 38.1 Å². The summed E-state index contributed by atoms with van der Waals surface area (Å²) >= 11 is 0. The second-order valence-electron chi connectivity index (χ2n) is 8.05.